The van der Waals surface area contributed by atoms with Gasteiger partial charge < -0.3 is 25.1 Å². The maximum absolute atomic E-state index is 12.1. The summed E-state index contributed by atoms with van der Waals surface area (Å²) in [6.07, 6.45) is 2.24. The highest BCUT2D eigenvalue weighted by Crippen LogP contribution is 2.37. The zero-order valence-corrected chi connectivity index (χ0v) is 17.3. The molecule has 1 amide bonds. The molecular weight excluding hydrogens is 384 g/mol. The molecule has 3 rings (SSSR count). The van der Waals surface area contributed by atoms with Gasteiger partial charge in [0.2, 0.25) is 5.91 Å². The molecular formula is C22H26N4O4. The number of esters is 1. The molecule has 30 heavy (non-hydrogen) atoms. The van der Waals surface area contributed by atoms with Crippen molar-refractivity contribution in [1.29, 1.82) is 0 Å². The molecule has 158 valence electrons. The summed E-state index contributed by atoms with van der Waals surface area (Å²) >= 11 is 0. The van der Waals surface area contributed by atoms with E-state index in [0.717, 1.165) is 22.6 Å². The van der Waals surface area contributed by atoms with Gasteiger partial charge in [0.1, 0.15) is 5.75 Å². The van der Waals surface area contributed by atoms with Crippen LogP contribution in [-0.4, -0.2) is 37.6 Å². The second kappa shape index (κ2) is 8.87. The number of hydrogen-bond acceptors (Lipinski definition) is 7. The molecule has 4 N–H and O–H groups in total. The first-order valence-corrected chi connectivity index (χ1v) is 9.50. The zero-order chi connectivity index (χ0) is 21.8. The molecule has 1 unspecified atom stereocenters. The predicted octanol–water partition coefficient (Wildman–Crippen LogP) is 2.41. The van der Waals surface area contributed by atoms with E-state index in [9.17, 15) is 9.59 Å². The molecule has 0 aliphatic carbocycles. The van der Waals surface area contributed by atoms with Crippen LogP contribution < -0.4 is 21.2 Å². The van der Waals surface area contributed by atoms with E-state index in [1.54, 1.807) is 36.4 Å². The Morgan fingerprint density at radius 2 is 1.80 bits per heavy atom. The number of nitrogens with zero attached hydrogens (tertiary/aromatic N) is 2. The lowest BCUT2D eigenvalue weighted by Gasteiger charge is -2.37. The van der Waals surface area contributed by atoms with Gasteiger partial charge in [-0.05, 0) is 54.4 Å². The van der Waals surface area contributed by atoms with Crippen molar-refractivity contribution in [1.82, 2.24) is 5.01 Å². The van der Waals surface area contributed by atoms with E-state index in [4.69, 9.17) is 21.1 Å². The molecule has 1 aliphatic heterocycles. The third-order valence-electron chi connectivity index (χ3n) is 5.18. The molecule has 1 aliphatic rings. The summed E-state index contributed by atoms with van der Waals surface area (Å²) < 4.78 is 10.0. The second-order valence-electron chi connectivity index (χ2n) is 7.00. The summed E-state index contributed by atoms with van der Waals surface area (Å²) in [6.45, 7) is 2.02. The predicted molar refractivity (Wildman–Crippen MR) is 114 cm³/mol. The number of carbonyl (C=O) groups excluding carboxylic acids is 2. The van der Waals surface area contributed by atoms with Crippen molar-refractivity contribution in [3.8, 4) is 5.75 Å². The molecule has 1 atom stereocenters. The van der Waals surface area contributed by atoms with E-state index in [1.807, 2.05) is 24.3 Å². The van der Waals surface area contributed by atoms with Gasteiger partial charge >= 0.3 is 5.97 Å². The molecule has 8 heteroatoms. The van der Waals surface area contributed by atoms with Crippen molar-refractivity contribution in [2.24, 2.45) is 11.6 Å². The van der Waals surface area contributed by atoms with Gasteiger partial charge in [0, 0.05) is 30.9 Å². The van der Waals surface area contributed by atoms with Crippen molar-refractivity contribution < 1.29 is 19.1 Å². The average Bonchev–Trinajstić information content (AvgIpc) is 2.77. The zero-order valence-electron chi connectivity index (χ0n) is 17.3. The van der Waals surface area contributed by atoms with Crippen LogP contribution in [-0.2, 0) is 9.53 Å². The Kier molecular flexibility index (Phi) is 6.27. The Hall–Kier alpha value is -3.52. The second-order valence-corrected chi connectivity index (χ2v) is 7.00. The number of benzene rings is 2. The minimum absolute atomic E-state index is 0.0719. The lowest BCUT2D eigenvalue weighted by molar-refractivity contribution is -0.116. The van der Waals surface area contributed by atoms with Gasteiger partial charge in [0.25, 0.3) is 0 Å². The highest BCUT2D eigenvalue weighted by atomic mass is 16.5. The van der Waals surface area contributed by atoms with Crippen LogP contribution in [0.1, 0.15) is 40.9 Å². The fraction of sp³-hybridized carbons (Fsp3) is 0.273. The third-order valence-corrected chi connectivity index (χ3v) is 5.18. The molecule has 8 nitrogen and oxygen atoms in total. The van der Waals surface area contributed by atoms with Gasteiger partial charge in [0.05, 0.1) is 31.5 Å². The van der Waals surface area contributed by atoms with Gasteiger partial charge in [-0.2, -0.15) is 0 Å². The van der Waals surface area contributed by atoms with Gasteiger partial charge in [-0.3, -0.25) is 4.79 Å². The number of hydrazine groups is 1. The number of rotatable bonds is 5. The Labute approximate surface area is 175 Å². The smallest absolute Gasteiger partial charge is 0.337 e. The van der Waals surface area contributed by atoms with E-state index < -0.39 is 5.97 Å². The van der Waals surface area contributed by atoms with E-state index >= 15 is 0 Å². The Morgan fingerprint density at radius 3 is 2.40 bits per heavy atom. The Balaban J connectivity index is 1.95. The van der Waals surface area contributed by atoms with Crippen LogP contribution in [0.4, 0.5) is 5.69 Å². The van der Waals surface area contributed by atoms with Crippen molar-refractivity contribution in [2.75, 3.05) is 25.7 Å². The van der Waals surface area contributed by atoms with Crippen molar-refractivity contribution in [2.45, 2.75) is 19.4 Å². The van der Waals surface area contributed by atoms with Gasteiger partial charge in [-0.1, -0.05) is 0 Å². The number of methoxy groups -OCH3 is 2. The molecule has 1 heterocycles. The number of ether oxygens (including phenoxy) is 2. The number of amides is 1. The molecule has 0 spiro atoms. The number of anilines is 1. The largest absolute Gasteiger partial charge is 0.497 e. The molecule has 2 aromatic carbocycles. The topological polar surface area (TPSA) is 111 Å². The first-order valence-electron chi connectivity index (χ1n) is 9.50. The minimum atomic E-state index is -0.451. The highest BCUT2D eigenvalue weighted by Gasteiger charge is 2.30. The van der Waals surface area contributed by atoms with Crippen LogP contribution in [0.15, 0.2) is 48.7 Å². The van der Waals surface area contributed by atoms with Crippen molar-refractivity contribution in [3.63, 3.8) is 0 Å². The molecule has 0 saturated heterocycles. The first kappa shape index (κ1) is 21.2. The Bertz CT molecular complexity index is 972. The van der Waals surface area contributed by atoms with E-state index in [0.29, 0.717) is 24.2 Å². The number of fused-ring (bicyclic) bond motifs is 1. The van der Waals surface area contributed by atoms with E-state index in [1.165, 1.54) is 19.0 Å². The van der Waals surface area contributed by atoms with E-state index in [-0.39, 0.29) is 11.9 Å². The summed E-state index contributed by atoms with van der Waals surface area (Å²) in [5.41, 5.74) is 9.42. The van der Waals surface area contributed by atoms with Crippen LogP contribution in [0, 0.1) is 0 Å². The van der Waals surface area contributed by atoms with E-state index in [2.05, 4.69) is 0 Å². The van der Waals surface area contributed by atoms with Crippen LogP contribution in [0.3, 0.4) is 0 Å². The normalized spacial score (nSPS) is 15.9. The fourth-order valence-electron chi connectivity index (χ4n) is 3.58. The summed E-state index contributed by atoms with van der Waals surface area (Å²) in [7, 11) is 2.93. The lowest BCUT2D eigenvalue weighted by atomic mass is 9.94. The van der Waals surface area contributed by atoms with Crippen LogP contribution in [0.25, 0.3) is 5.70 Å². The number of hydrogen-bond donors (Lipinski definition) is 2. The molecule has 2 aromatic rings. The van der Waals surface area contributed by atoms with Gasteiger partial charge in [0.15, 0.2) is 0 Å². The standard InChI is InChI=1S/C22H26N4O4/c1-14(27)25-11-10-21(18-12-16(22(28)30-3)6-9-20(18)25)26(24)13-19(23)15-4-7-17(29-2)8-5-15/h4-9,12-13,21H,10-11,23-24H2,1-3H3/b19-13-. The minimum Gasteiger partial charge on any atom is -0.497 e. The van der Waals surface area contributed by atoms with Crippen LogP contribution in [0.2, 0.25) is 0 Å². The summed E-state index contributed by atoms with van der Waals surface area (Å²) in [5, 5.41) is 1.52. The third kappa shape index (κ3) is 4.23. The molecule has 0 aromatic heterocycles. The monoisotopic (exact) mass is 410 g/mol. The highest BCUT2D eigenvalue weighted by molar-refractivity contribution is 5.95. The van der Waals surface area contributed by atoms with Crippen molar-refractivity contribution >= 4 is 23.3 Å². The van der Waals surface area contributed by atoms with Gasteiger partial charge in [-0.25, -0.2) is 10.6 Å². The number of carbonyl (C=O) groups is 2. The molecule has 0 bridgehead atoms. The maximum Gasteiger partial charge on any atom is 0.337 e. The first-order chi connectivity index (χ1) is 14.3. The van der Waals surface area contributed by atoms with Crippen molar-refractivity contribution in [3.05, 3.63) is 65.4 Å². The summed E-state index contributed by atoms with van der Waals surface area (Å²) in [6, 6.07) is 12.2. The lowest BCUT2D eigenvalue weighted by Crippen LogP contribution is -2.41. The SMILES string of the molecule is COC(=O)c1ccc2c(c1)C(N(N)/C=C(\N)c1ccc(OC)cc1)CCN2C(C)=O. The fourth-order valence-corrected chi connectivity index (χ4v) is 3.58. The maximum atomic E-state index is 12.1. The quantitative estimate of drug-likeness (QED) is 0.442. The number of nitrogens with two attached hydrogens (primary N) is 2. The Morgan fingerprint density at radius 1 is 1.13 bits per heavy atom. The molecule has 0 radical (unpaired) electrons. The summed E-state index contributed by atoms with van der Waals surface area (Å²) in [5.74, 6) is 6.58. The van der Waals surface area contributed by atoms with Crippen LogP contribution in [0.5, 0.6) is 5.75 Å². The molecule has 0 saturated carbocycles. The van der Waals surface area contributed by atoms with Crippen LogP contribution >= 0.6 is 0 Å². The van der Waals surface area contributed by atoms with Gasteiger partial charge in [-0.15, -0.1) is 0 Å². The molecule has 0 fully saturated rings. The summed E-state index contributed by atoms with van der Waals surface area (Å²) in [4.78, 5) is 25.8. The average molecular weight is 410 g/mol.